The summed E-state index contributed by atoms with van der Waals surface area (Å²) >= 11 is 0. The fraction of sp³-hybridized carbons (Fsp3) is 0.0517. The van der Waals surface area contributed by atoms with Gasteiger partial charge in [0.15, 0.2) is 17.5 Å². The number of furan rings is 1. The lowest BCUT2D eigenvalue weighted by molar-refractivity contribution is 0.647. The highest BCUT2D eigenvalue weighted by atomic mass is 16.3. The van der Waals surface area contributed by atoms with Crippen molar-refractivity contribution in [2.75, 3.05) is 0 Å². The van der Waals surface area contributed by atoms with Crippen molar-refractivity contribution in [3.8, 4) is 56.4 Å². The van der Waals surface area contributed by atoms with Crippen LogP contribution in [0.2, 0.25) is 0 Å². The van der Waals surface area contributed by atoms with E-state index in [0.29, 0.717) is 17.5 Å². The molecule has 0 unspecified atom stereocenters. The quantitative estimate of drug-likeness (QED) is 0.167. The number of nitrogens with zero attached hydrogens (tertiary/aromatic N) is 3. The van der Waals surface area contributed by atoms with Crippen molar-refractivity contribution in [3.63, 3.8) is 0 Å². The van der Waals surface area contributed by atoms with Crippen molar-refractivity contribution in [1.29, 1.82) is 0 Å². The lowest BCUT2D eigenvalue weighted by Gasteiger charge is -2.21. The van der Waals surface area contributed by atoms with Crippen LogP contribution >= 0.6 is 0 Å². The minimum absolute atomic E-state index is 0.140. The molecule has 0 atom stereocenters. The van der Waals surface area contributed by atoms with Crippen LogP contribution in [0, 0.1) is 0 Å². The third kappa shape index (κ3) is 5.10. The van der Waals surface area contributed by atoms with Crippen molar-refractivity contribution < 1.29 is 4.42 Å². The molecule has 4 nitrogen and oxygen atoms in total. The van der Waals surface area contributed by atoms with E-state index in [9.17, 15) is 0 Å². The average molecular weight is 792 g/mol. The summed E-state index contributed by atoms with van der Waals surface area (Å²) in [5.74, 6) is 1.82. The second-order valence-electron chi connectivity index (χ2n) is 17.1. The Bertz CT molecular complexity index is 3810. The number of aromatic nitrogens is 3. The molecule has 10 aromatic carbocycles. The highest BCUT2D eigenvalue weighted by Crippen LogP contribution is 2.51. The fourth-order valence-corrected chi connectivity index (χ4v) is 10.3. The van der Waals surface area contributed by atoms with Gasteiger partial charge in [-0.05, 0) is 107 Å². The van der Waals surface area contributed by atoms with Crippen molar-refractivity contribution >= 4 is 65.0 Å². The van der Waals surface area contributed by atoms with E-state index in [-0.39, 0.29) is 5.41 Å². The zero-order valence-electron chi connectivity index (χ0n) is 34.1. The molecule has 0 spiro atoms. The SMILES string of the molecule is CC1(C)c2ccccc2-c2cc3c(cc21)oc1cccc(-c2nc(-c4cccc(-c5ccccc5)c4)nc(-c4ccc5ccc6c7ccccc7c7ccccc7c6c5c4)n2)c13. The van der Waals surface area contributed by atoms with Crippen molar-refractivity contribution in [3.05, 3.63) is 199 Å². The van der Waals surface area contributed by atoms with Gasteiger partial charge in [0, 0.05) is 32.9 Å². The van der Waals surface area contributed by atoms with E-state index < -0.39 is 0 Å². The zero-order chi connectivity index (χ0) is 41.1. The molecule has 13 rings (SSSR count). The Kier molecular flexibility index (Phi) is 7.32. The highest BCUT2D eigenvalue weighted by Gasteiger charge is 2.36. The minimum atomic E-state index is -0.140. The maximum atomic E-state index is 6.71. The summed E-state index contributed by atoms with van der Waals surface area (Å²) in [6, 6.07) is 67.2. The predicted molar refractivity (Wildman–Crippen MR) is 256 cm³/mol. The number of fused-ring (bicyclic) bond motifs is 14. The van der Waals surface area contributed by atoms with Gasteiger partial charge in [-0.25, -0.2) is 15.0 Å². The molecule has 0 aliphatic heterocycles. The van der Waals surface area contributed by atoms with Crippen molar-refractivity contribution in [1.82, 2.24) is 15.0 Å². The molecule has 2 heterocycles. The number of rotatable bonds is 4. The predicted octanol–water partition coefficient (Wildman–Crippen LogP) is 15.4. The molecule has 290 valence electrons. The van der Waals surface area contributed by atoms with Gasteiger partial charge in [0.25, 0.3) is 0 Å². The molecule has 0 saturated carbocycles. The largest absolute Gasteiger partial charge is 0.456 e. The molecule has 1 aliphatic carbocycles. The van der Waals surface area contributed by atoms with E-state index in [1.165, 1.54) is 60.0 Å². The van der Waals surface area contributed by atoms with E-state index in [1.807, 2.05) is 12.1 Å². The van der Waals surface area contributed by atoms with Crippen LogP contribution in [0.25, 0.3) is 121 Å². The molecule has 0 amide bonds. The Balaban J connectivity index is 1.07. The Morgan fingerprint density at radius 3 is 1.74 bits per heavy atom. The molecular weight excluding hydrogens is 755 g/mol. The Morgan fingerprint density at radius 1 is 0.339 bits per heavy atom. The van der Waals surface area contributed by atoms with Crippen LogP contribution in [-0.2, 0) is 5.41 Å². The zero-order valence-corrected chi connectivity index (χ0v) is 34.1. The fourth-order valence-electron chi connectivity index (χ4n) is 10.3. The second-order valence-corrected chi connectivity index (χ2v) is 17.1. The van der Waals surface area contributed by atoms with Crippen LogP contribution in [0.3, 0.4) is 0 Å². The average Bonchev–Trinajstić information content (AvgIpc) is 3.81. The molecule has 0 saturated heterocycles. The third-order valence-corrected chi connectivity index (χ3v) is 13.3. The van der Waals surface area contributed by atoms with Gasteiger partial charge in [-0.2, -0.15) is 0 Å². The van der Waals surface area contributed by atoms with Gasteiger partial charge in [-0.3, -0.25) is 0 Å². The number of hydrogen-bond acceptors (Lipinski definition) is 4. The van der Waals surface area contributed by atoms with Crippen LogP contribution in [0.5, 0.6) is 0 Å². The van der Waals surface area contributed by atoms with Gasteiger partial charge in [0.05, 0.1) is 0 Å². The summed E-state index contributed by atoms with van der Waals surface area (Å²) in [5.41, 5.74) is 11.6. The molecule has 62 heavy (non-hydrogen) atoms. The minimum Gasteiger partial charge on any atom is -0.456 e. The van der Waals surface area contributed by atoms with E-state index in [0.717, 1.165) is 55.1 Å². The second kappa shape index (κ2) is 13.0. The molecule has 0 N–H and O–H groups in total. The summed E-state index contributed by atoms with van der Waals surface area (Å²) < 4.78 is 6.71. The molecule has 12 aromatic rings. The molecule has 1 aliphatic rings. The smallest absolute Gasteiger partial charge is 0.164 e. The van der Waals surface area contributed by atoms with Gasteiger partial charge in [-0.1, -0.05) is 172 Å². The van der Waals surface area contributed by atoms with Gasteiger partial charge in [0.1, 0.15) is 11.2 Å². The first-order chi connectivity index (χ1) is 30.5. The topological polar surface area (TPSA) is 51.8 Å². The maximum absolute atomic E-state index is 6.71. The van der Waals surface area contributed by atoms with E-state index in [2.05, 4.69) is 190 Å². The summed E-state index contributed by atoms with van der Waals surface area (Å²) in [6.45, 7) is 4.61. The molecule has 0 bridgehead atoms. The van der Waals surface area contributed by atoms with Crippen LogP contribution in [-0.4, -0.2) is 15.0 Å². The first-order valence-electron chi connectivity index (χ1n) is 21.3. The molecular formula is C58H37N3O. The van der Waals surface area contributed by atoms with Gasteiger partial charge < -0.3 is 4.42 Å². The summed E-state index contributed by atoms with van der Waals surface area (Å²) in [5, 5.41) is 11.8. The van der Waals surface area contributed by atoms with Crippen LogP contribution in [0.4, 0.5) is 0 Å². The lowest BCUT2D eigenvalue weighted by atomic mass is 9.82. The summed E-state index contributed by atoms with van der Waals surface area (Å²) in [4.78, 5) is 16.0. The first-order valence-corrected chi connectivity index (χ1v) is 21.3. The molecule has 2 aromatic heterocycles. The Labute approximate surface area is 357 Å². The van der Waals surface area contributed by atoms with Crippen molar-refractivity contribution in [2.24, 2.45) is 0 Å². The summed E-state index contributed by atoms with van der Waals surface area (Å²) in [7, 11) is 0. The van der Waals surface area contributed by atoms with Gasteiger partial charge in [0.2, 0.25) is 0 Å². The Morgan fingerprint density at radius 2 is 0.935 bits per heavy atom. The normalized spacial score (nSPS) is 13.1. The maximum Gasteiger partial charge on any atom is 0.164 e. The standard InChI is InChI=1S/C58H37N3O/c1-58(2)49-24-11-10-21-42(49)47-32-48-52(33-50(47)58)62-51-25-13-23-45(54(48)51)57-60-55(37-17-12-16-36(30-37)34-14-4-3-5-15-34)59-56(61-57)38-27-26-35-28-29-44-41-20-7-6-18-39(41)40-19-8-9-22-43(40)53(44)46(35)31-38/h3-33H,1-2H3. The Hall–Kier alpha value is -7.95. The van der Waals surface area contributed by atoms with E-state index >= 15 is 0 Å². The van der Waals surface area contributed by atoms with Crippen LogP contribution in [0.15, 0.2) is 192 Å². The first kappa shape index (κ1) is 34.9. The molecule has 0 fully saturated rings. The number of hydrogen-bond donors (Lipinski definition) is 0. The van der Waals surface area contributed by atoms with Gasteiger partial charge >= 0.3 is 0 Å². The number of benzene rings is 10. The van der Waals surface area contributed by atoms with Crippen LogP contribution in [0.1, 0.15) is 25.0 Å². The van der Waals surface area contributed by atoms with Crippen molar-refractivity contribution in [2.45, 2.75) is 19.3 Å². The van der Waals surface area contributed by atoms with E-state index in [4.69, 9.17) is 19.4 Å². The lowest BCUT2D eigenvalue weighted by Crippen LogP contribution is -2.14. The van der Waals surface area contributed by atoms with Gasteiger partial charge in [-0.15, -0.1) is 0 Å². The van der Waals surface area contributed by atoms with E-state index in [1.54, 1.807) is 0 Å². The molecule has 4 heteroatoms. The monoisotopic (exact) mass is 791 g/mol. The molecule has 0 radical (unpaired) electrons. The summed E-state index contributed by atoms with van der Waals surface area (Å²) in [6.07, 6.45) is 0. The highest BCUT2D eigenvalue weighted by molar-refractivity contribution is 6.31. The van der Waals surface area contributed by atoms with Crippen LogP contribution < -0.4 is 0 Å². The third-order valence-electron chi connectivity index (χ3n) is 13.3.